The van der Waals surface area contributed by atoms with Crippen molar-refractivity contribution in [2.75, 3.05) is 20.2 Å². The van der Waals surface area contributed by atoms with E-state index in [1.54, 1.807) is 37.4 Å². The summed E-state index contributed by atoms with van der Waals surface area (Å²) in [4.78, 5) is 13.4. The Morgan fingerprint density at radius 1 is 1.12 bits per heavy atom. The van der Waals surface area contributed by atoms with Crippen LogP contribution < -0.4 is 10.1 Å². The Balaban J connectivity index is 1.74. The normalized spacial score (nSPS) is 18.4. The molecule has 0 saturated carbocycles. The second-order valence-electron chi connectivity index (χ2n) is 8.85. The molecule has 2 aromatic carbocycles. The summed E-state index contributed by atoms with van der Waals surface area (Å²) >= 11 is 0. The van der Waals surface area contributed by atoms with E-state index in [4.69, 9.17) is 4.74 Å². The first-order valence-corrected chi connectivity index (χ1v) is 12.6. The Kier molecular flexibility index (Phi) is 7.62. The SMILES string of the molecule is COc1cc(C)c([C@H](C)NC(=O)[C@@H]2CCCN(S(=O)(=O)c3ccccc3)C2)cc1C(C)C. The number of piperidine rings is 1. The summed E-state index contributed by atoms with van der Waals surface area (Å²) in [7, 11) is -1.93. The maximum atomic E-state index is 13.1. The van der Waals surface area contributed by atoms with Crippen molar-refractivity contribution < 1.29 is 17.9 Å². The van der Waals surface area contributed by atoms with Crippen LogP contribution in [-0.2, 0) is 14.8 Å². The topological polar surface area (TPSA) is 75.7 Å². The number of sulfonamides is 1. The van der Waals surface area contributed by atoms with E-state index in [0.717, 1.165) is 22.4 Å². The molecule has 0 unspecified atom stereocenters. The summed E-state index contributed by atoms with van der Waals surface area (Å²) < 4.78 is 32.9. The van der Waals surface area contributed by atoms with Gasteiger partial charge in [-0.3, -0.25) is 4.79 Å². The van der Waals surface area contributed by atoms with Crippen LogP contribution in [0.4, 0.5) is 0 Å². The molecule has 2 atom stereocenters. The number of nitrogens with one attached hydrogen (secondary N) is 1. The molecule has 7 heteroatoms. The van der Waals surface area contributed by atoms with Crippen LogP contribution in [0.3, 0.4) is 0 Å². The van der Waals surface area contributed by atoms with Gasteiger partial charge < -0.3 is 10.1 Å². The molecule has 6 nitrogen and oxygen atoms in total. The maximum Gasteiger partial charge on any atom is 0.243 e. The largest absolute Gasteiger partial charge is 0.496 e. The fourth-order valence-electron chi connectivity index (χ4n) is 4.34. The maximum absolute atomic E-state index is 13.1. The highest BCUT2D eigenvalue weighted by atomic mass is 32.2. The zero-order chi connectivity index (χ0) is 23.5. The highest BCUT2D eigenvalue weighted by molar-refractivity contribution is 7.89. The van der Waals surface area contributed by atoms with Gasteiger partial charge in [-0.15, -0.1) is 0 Å². The highest BCUT2D eigenvalue weighted by Gasteiger charge is 2.33. The van der Waals surface area contributed by atoms with Gasteiger partial charge in [0.15, 0.2) is 0 Å². The van der Waals surface area contributed by atoms with Crippen LogP contribution >= 0.6 is 0 Å². The Morgan fingerprint density at radius 3 is 2.44 bits per heavy atom. The van der Waals surface area contributed by atoms with Gasteiger partial charge in [0.1, 0.15) is 5.75 Å². The van der Waals surface area contributed by atoms with Crippen molar-refractivity contribution >= 4 is 15.9 Å². The molecule has 1 N–H and O–H groups in total. The molecule has 1 saturated heterocycles. The predicted octanol–water partition coefficient (Wildman–Crippen LogP) is 4.41. The molecular formula is C25H34N2O4S. The van der Waals surface area contributed by atoms with Crippen LogP contribution in [0.15, 0.2) is 47.4 Å². The Bertz CT molecular complexity index is 1050. The number of benzene rings is 2. The molecule has 1 aliphatic heterocycles. The minimum atomic E-state index is -3.60. The molecular weight excluding hydrogens is 424 g/mol. The zero-order valence-corrected chi connectivity index (χ0v) is 20.4. The van der Waals surface area contributed by atoms with Gasteiger partial charge in [-0.25, -0.2) is 8.42 Å². The minimum Gasteiger partial charge on any atom is -0.496 e. The number of amides is 1. The molecule has 1 heterocycles. The third-order valence-corrected chi connectivity index (χ3v) is 8.08. The molecule has 32 heavy (non-hydrogen) atoms. The summed E-state index contributed by atoms with van der Waals surface area (Å²) in [5.41, 5.74) is 3.20. The van der Waals surface area contributed by atoms with E-state index in [9.17, 15) is 13.2 Å². The number of hydrogen-bond donors (Lipinski definition) is 1. The summed E-state index contributed by atoms with van der Waals surface area (Å²) in [5, 5.41) is 3.12. The van der Waals surface area contributed by atoms with E-state index in [-0.39, 0.29) is 29.3 Å². The molecule has 2 aromatic rings. The average molecular weight is 459 g/mol. The fourth-order valence-corrected chi connectivity index (χ4v) is 5.88. The quantitative estimate of drug-likeness (QED) is 0.667. The second-order valence-corrected chi connectivity index (χ2v) is 10.8. The van der Waals surface area contributed by atoms with Crippen molar-refractivity contribution in [3.05, 3.63) is 59.2 Å². The molecule has 1 amide bonds. The molecule has 174 valence electrons. The number of nitrogens with zero attached hydrogens (tertiary/aromatic N) is 1. The lowest BCUT2D eigenvalue weighted by Crippen LogP contribution is -2.45. The first kappa shape index (κ1) is 24.3. The van der Waals surface area contributed by atoms with Crippen molar-refractivity contribution in [1.82, 2.24) is 9.62 Å². The van der Waals surface area contributed by atoms with E-state index in [1.165, 1.54) is 4.31 Å². The zero-order valence-electron chi connectivity index (χ0n) is 19.6. The molecule has 0 spiro atoms. The van der Waals surface area contributed by atoms with Crippen molar-refractivity contribution in [3.8, 4) is 5.75 Å². The van der Waals surface area contributed by atoms with E-state index >= 15 is 0 Å². The van der Waals surface area contributed by atoms with Crippen molar-refractivity contribution in [2.45, 2.75) is 57.4 Å². The van der Waals surface area contributed by atoms with E-state index in [1.807, 2.05) is 19.9 Å². The van der Waals surface area contributed by atoms with Crippen molar-refractivity contribution in [1.29, 1.82) is 0 Å². The first-order chi connectivity index (χ1) is 15.1. The number of aryl methyl sites for hydroxylation is 1. The van der Waals surface area contributed by atoms with Gasteiger partial charge in [-0.05, 0) is 73.6 Å². The Hall–Kier alpha value is -2.38. The van der Waals surface area contributed by atoms with E-state index in [2.05, 4.69) is 25.2 Å². The summed E-state index contributed by atoms with van der Waals surface area (Å²) in [6.07, 6.45) is 1.34. The molecule has 0 aromatic heterocycles. The third kappa shape index (κ3) is 5.15. The Morgan fingerprint density at radius 2 is 1.81 bits per heavy atom. The van der Waals surface area contributed by atoms with Gasteiger partial charge in [0.05, 0.1) is 24.0 Å². The number of rotatable bonds is 7. The summed E-state index contributed by atoms with van der Waals surface area (Å²) in [6.45, 7) is 8.85. The second kappa shape index (κ2) is 10.0. The van der Waals surface area contributed by atoms with Gasteiger partial charge in [0.25, 0.3) is 0 Å². The Labute approximate surface area is 192 Å². The van der Waals surface area contributed by atoms with Crippen LogP contribution in [0.5, 0.6) is 5.75 Å². The van der Waals surface area contributed by atoms with Crippen LogP contribution in [0, 0.1) is 12.8 Å². The standard InChI is InChI=1S/C25H34N2O4S/c1-17(2)22-15-23(18(3)14-24(22)31-5)19(4)26-25(28)20-10-9-13-27(16-20)32(29,30)21-11-7-6-8-12-21/h6-8,11-12,14-15,17,19-20H,9-10,13,16H2,1-5H3,(H,26,28)/t19-,20+/m0/s1. The lowest BCUT2D eigenvalue weighted by Gasteiger charge is -2.32. The number of carbonyl (C=O) groups excluding carboxylic acids is 1. The summed E-state index contributed by atoms with van der Waals surface area (Å²) in [6, 6.07) is 12.3. The van der Waals surface area contributed by atoms with Gasteiger partial charge in [0.2, 0.25) is 15.9 Å². The molecule has 0 radical (unpaired) electrons. The first-order valence-electron chi connectivity index (χ1n) is 11.2. The van der Waals surface area contributed by atoms with Crippen molar-refractivity contribution in [3.63, 3.8) is 0 Å². The average Bonchev–Trinajstić information content (AvgIpc) is 2.79. The molecule has 0 aliphatic carbocycles. The summed E-state index contributed by atoms with van der Waals surface area (Å²) in [5.74, 6) is 0.677. The number of hydrogen-bond acceptors (Lipinski definition) is 4. The number of ether oxygens (including phenoxy) is 1. The lowest BCUT2D eigenvalue weighted by molar-refractivity contribution is -0.126. The van der Waals surface area contributed by atoms with Crippen LogP contribution in [0.1, 0.15) is 62.3 Å². The van der Waals surface area contributed by atoms with Gasteiger partial charge in [-0.2, -0.15) is 4.31 Å². The minimum absolute atomic E-state index is 0.105. The van der Waals surface area contributed by atoms with E-state index in [0.29, 0.717) is 25.3 Å². The lowest BCUT2D eigenvalue weighted by atomic mass is 9.92. The van der Waals surface area contributed by atoms with Crippen LogP contribution in [0.2, 0.25) is 0 Å². The smallest absolute Gasteiger partial charge is 0.243 e. The highest BCUT2D eigenvalue weighted by Crippen LogP contribution is 2.32. The predicted molar refractivity (Wildman–Crippen MR) is 126 cm³/mol. The molecule has 0 bridgehead atoms. The molecule has 1 fully saturated rings. The van der Waals surface area contributed by atoms with Crippen LogP contribution in [0.25, 0.3) is 0 Å². The monoisotopic (exact) mass is 458 g/mol. The fraction of sp³-hybridized carbons (Fsp3) is 0.480. The number of methoxy groups -OCH3 is 1. The van der Waals surface area contributed by atoms with Gasteiger partial charge in [0, 0.05) is 13.1 Å². The van der Waals surface area contributed by atoms with E-state index < -0.39 is 10.0 Å². The van der Waals surface area contributed by atoms with Crippen molar-refractivity contribution in [2.24, 2.45) is 5.92 Å². The van der Waals surface area contributed by atoms with Gasteiger partial charge >= 0.3 is 0 Å². The van der Waals surface area contributed by atoms with Crippen LogP contribution in [-0.4, -0.2) is 38.8 Å². The number of carbonyl (C=O) groups is 1. The third-order valence-electron chi connectivity index (χ3n) is 6.20. The van der Waals surface area contributed by atoms with Gasteiger partial charge in [-0.1, -0.05) is 32.0 Å². The molecule has 3 rings (SSSR count). The molecule has 1 aliphatic rings.